The number of nitrogens with one attached hydrogen (secondary N) is 4. The number of amides is 3. The highest BCUT2D eigenvalue weighted by Crippen LogP contribution is 2.40. The highest BCUT2D eigenvalue weighted by atomic mass is 16.5. The van der Waals surface area contributed by atoms with E-state index in [2.05, 4.69) is 49.9 Å². The molecule has 15 nitrogen and oxygen atoms in total. The Morgan fingerprint density at radius 2 is 1.41 bits per heavy atom. The van der Waals surface area contributed by atoms with Crippen molar-refractivity contribution in [1.82, 2.24) is 40.0 Å². The van der Waals surface area contributed by atoms with Gasteiger partial charge in [0, 0.05) is 49.3 Å². The van der Waals surface area contributed by atoms with Crippen LogP contribution in [0.3, 0.4) is 0 Å². The van der Waals surface area contributed by atoms with E-state index in [0.717, 1.165) is 46.5 Å². The number of Topliss-reactive ketones (excluding diaryl/α,β-unsaturated/α-hetero) is 2. The average Bonchev–Trinajstić information content (AvgIpc) is 4.06. The van der Waals surface area contributed by atoms with Crippen molar-refractivity contribution >= 4 is 29.7 Å². The molecule has 3 aromatic heterocycles. The van der Waals surface area contributed by atoms with E-state index in [-0.39, 0.29) is 48.2 Å². The molecule has 0 spiro atoms. The van der Waals surface area contributed by atoms with Gasteiger partial charge >= 0.3 is 12.2 Å². The molecule has 5 aromatic rings. The molecule has 1 aliphatic carbocycles. The summed E-state index contributed by atoms with van der Waals surface area (Å²) in [7, 11) is 2.54. The van der Waals surface area contributed by atoms with E-state index in [0.29, 0.717) is 36.0 Å². The van der Waals surface area contributed by atoms with Crippen molar-refractivity contribution in [3.05, 3.63) is 96.1 Å². The van der Waals surface area contributed by atoms with Crippen molar-refractivity contribution in [2.24, 2.45) is 5.92 Å². The Kier molecular flexibility index (Phi) is 10.4. The lowest BCUT2D eigenvalue weighted by molar-refractivity contribution is -0.135. The summed E-state index contributed by atoms with van der Waals surface area (Å²) >= 11 is 0. The number of imidazole rings is 2. The molecule has 0 radical (unpaired) electrons. The van der Waals surface area contributed by atoms with Crippen LogP contribution in [0.4, 0.5) is 9.59 Å². The molecule has 1 fully saturated rings. The molecule has 0 saturated carbocycles. The van der Waals surface area contributed by atoms with Gasteiger partial charge in [-0.15, -0.1) is 0 Å². The first kappa shape index (κ1) is 38.4. The second-order valence-electron chi connectivity index (χ2n) is 15.5. The van der Waals surface area contributed by atoms with Crippen molar-refractivity contribution in [2.45, 2.75) is 76.0 Å². The number of carbonyl (C=O) groups excluding carboxylic acids is 5. The molecule has 1 saturated heterocycles. The third kappa shape index (κ3) is 7.27. The van der Waals surface area contributed by atoms with Crippen LogP contribution < -0.4 is 10.6 Å². The Morgan fingerprint density at radius 3 is 2.03 bits per heavy atom. The average molecular weight is 787 g/mol. The minimum Gasteiger partial charge on any atom is -0.453 e. The SMILES string of the molecule is COC(=O)N[C@H]1CC(=O)c2ccn3c2C1C(=O)C[C@H](c1ncc(-c2ccc(-c4ccc(-c5cnc([C@@H]6CCCN6C(=O)[C@@H](NC(=O)OC)C(C)C)[nH]5)cc4)cc2)[nH]1)C3. The van der Waals surface area contributed by atoms with Crippen LogP contribution in [0.15, 0.2) is 73.2 Å². The molecule has 1 unspecified atom stereocenters. The lowest BCUT2D eigenvalue weighted by Crippen LogP contribution is -2.51. The van der Waals surface area contributed by atoms with Crippen LogP contribution in [-0.2, 0) is 25.6 Å². The number of aromatic nitrogens is 5. The van der Waals surface area contributed by atoms with Gasteiger partial charge in [0.05, 0.1) is 56.0 Å². The predicted molar refractivity (Wildman–Crippen MR) is 213 cm³/mol. The predicted octanol–water partition coefficient (Wildman–Crippen LogP) is 6.13. The van der Waals surface area contributed by atoms with Gasteiger partial charge < -0.3 is 39.5 Å². The number of aromatic amines is 2. The second-order valence-corrected chi connectivity index (χ2v) is 15.5. The van der Waals surface area contributed by atoms with E-state index in [1.54, 1.807) is 23.4 Å². The lowest BCUT2D eigenvalue weighted by Gasteiger charge is -2.30. The van der Waals surface area contributed by atoms with Crippen molar-refractivity contribution in [3.8, 4) is 33.6 Å². The number of benzene rings is 2. The van der Waals surface area contributed by atoms with Gasteiger partial charge in [-0.25, -0.2) is 19.6 Å². The Labute approximate surface area is 334 Å². The van der Waals surface area contributed by atoms with Gasteiger partial charge in [0.25, 0.3) is 0 Å². The third-order valence-corrected chi connectivity index (χ3v) is 11.7. The van der Waals surface area contributed by atoms with Crippen LogP contribution in [-0.4, -0.2) is 91.9 Å². The highest BCUT2D eigenvalue weighted by Gasteiger charge is 2.44. The Balaban J connectivity index is 0.937. The zero-order valence-corrected chi connectivity index (χ0v) is 32.8. The van der Waals surface area contributed by atoms with Gasteiger partial charge in [-0.1, -0.05) is 62.4 Å². The van der Waals surface area contributed by atoms with Crippen LogP contribution in [0.1, 0.15) is 85.1 Å². The highest BCUT2D eigenvalue weighted by molar-refractivity contribution is 6.03. The summed E-state index contributed by atoms with van der Waals surface area (Å²) in [6.07, 6.45) is 5.95. The van der Waals surface area contributed by atoms with Gasteiger partial charge in [0.15, 0.2) is 5.78 Å². The monoisotopic (exact) mass is 786 g/mol. The molecule has 58 heavy (non-hydrogen) atoms. The van der Waals surface area contributed by atoms with Crippen LogP contribution in [0.2, 0.25) is 0 Å². The first-order valence-corrected chi connectivity index (χ1v) is 19.6. The molecule has 5 heterocycles. The van der Waals surface area contributed by atoms with E-state index in [4.69, 9.17) is 14.5 Å². The maximum atomic E-state index is 13.8. The fraction of sp³-hybridized carbons (Fsp3) is 0.372. The van der Waals surface area contributed by atoms with E-state index in [1.165, 1.54) is 14.2 Å². The fourth-order valence-corrected chi connectivity index (χ4v) is 8.64. The topological polar surface area (TPSA) is 193 Å². The van der Waals surface area contributed by atoms with Gasteiger partial charge in [0.2, 0.25) is 5.91 Å². The fourth-order valence-electron chi connectivity index (χ4n) is 8.64. The molecular formula is C43H46N8O7. The van der Waals surface area contributed by atoms with Crippen molar-refractivity contribution in [3.63, 3.8) is 0 Å². The number of likely N-dealkylation sites (tertiary alicyclic amines) is 1. The van der Waals surface area contributed by atoms with Crippen LogP contribution in [0.5, 0.6) is 0 Å². The lowest BCUT2D eigenvalue weighted by atomic mass is 9.79. The van der Waals surface area contributed by atoms with E-state index in [9.17, 15) is 24.0 Å². The minimum absolute atomic E-state index is 0.0346. The largest absolute Gasteiger partial charge is 0.453 e. The Morgan fingerprint density at radius 1 is 0.810 bits per heavy atom. The van der Waals surface area contributed by atoms with Crippen molar-refractivity contribution < 1.29 is 33.4 Å². The van der Waals surface area contributed by atoms with Crippen LogP contribution >= 0.6 is 0 Å². The molecule has 300 valence electrons. The summed E-state index contributed by atoms with van der Waals surface area (Å²) in [5.41, 5.74) is 6.81. The molecule has 5 atom stereocenters. The number of methoxy groups -OCH3 is 2. The smallest absolute Gasteiger partial charge is 0.407 e. The van der Waals surface area contributed by atoms with E-state index in [1.807, 2.05) is 48.9 Å². The maximum absolute atomic E-state index is 13.8. The number of H-pyrrole nitrogens is 2. The number of rotatable bonds is 9. The van der Waals surface area contributed by atoms with Gasteiger partial charge in [-0.2, -0.15) is 0 Å². The van der Waals surface area contributed by atoms with Gasteiger partial charge in [0.1, 0.15) is 23.5 Å². The molecular weight excluding hydrogens is 741 g/mol. The van der Waals surface area contributed by atoms with Crippen LogP contribution in [0, 0.1) is 5.92 Å². The number of hydrogen-bond donors (Lipinski definition) is 4. The normalized spacial score (nSPS) is 20.7. The van der Waals surface area contributed by atoms with Crippen molar-refractivity contribution in [1.29, 1.82) is 0 Å². The minimum atomic E-state index is -0.697. The van der Waals surface area contributed by atoms with E-state index < -0.39 is 30.2 Å². The molecule has 0 bridgehead atoms. The number of carbonyl (C=O) groups is 5. The molecule has 15 heteroatoms. The summed E-state index contributed by atoms with van der Waals surface area (Å²) < 4.78 is 11.5. The third-order valence-electron chi connectivity index (χ3n) is 11.7. The molecule has 3 amide bonds. The second kappa shape index (κ2) is 15.8. The van der Waals surface area contributed by atoms with Gasteiger partial charge in [-0.3, -0.25) is 14.4 Å². The molecule has 8 rings (SSSR count). The zero-order chi connectivity index (χ0) is 40.7. The number of nitrogens with zero attached hydrogens (tertiary/aromatic N) is 4. The molecule has 2 aromatic carbocycles. The van der Waals surface area contributed by atoms with Crippen molar-refractivity contribution in [2.75, 3.05) is 20.8 Å². The standard InChI is InChI=1S/C43H46N8O7/c1-23(2)37(49-43(56)58-4)41(54)51-16-5-6-33(51)40-45-21-32(47-40)27-13-9-25(10-14-27)24-7-11-26(12-8-24)31-20-44-39(46-31)28-18-35(53)36-30(48-42(55)57-3)19-34(52)29-15-17-50(22-28)38(29)36/h7-15,17,20-21,23,28,30,33,36-37H,5-6,16,18-19,22H2,1-4H3,(H,44,46)(H,45,47)(H,48,55)(H,49,56)/t28-,30-,33-,36?,37-/m0/s1. The Bertz CT molecular complexity index is 2360. The Hall–Kier alpha value is -6.51. The molecule has 2 aliphatic heterocycles. The molecule has 3 aliphatic rings. The summed E-state index contributed by atoms with van der Waals surface area (Å²) in [6.45, 7) is 4.84. The summed E-state index contributed by atoms with van der Waals surface area (Å²) in [5, 5.41) is 5.41. The van der Waals surface area contributed by atoms with Crippen LogP contribution in [0.25, 0.3) is 33.6 Å². The summed E-state index contributed by atoms with van der Waals surface area (Å²) in [6, 6.07) is 16.5. The first-order chi connectivity index (χ1) is 28.0. The first-order valence-electron chi connectivity index (χ1n) is 19.6. The summed E-state index contributed by atoms with van der Waals surface area (Å²) in [5.74, 6) is 0.0513. The van der Waals surface area contributed by atoms with E-state index >= 15 is 0 Å². The summed E-state index contributed by atoms with van der Waals surface area (Å²) in [4.78, 5) is 82.4. The number of hydrogen-bond acceptors (Lipinski definition) is 9. The molecule has 4 N–H and O–H groups in total. The number of ether oxygens (including phenoxy) is 2. The number of ketones is 2. The maximum Gasteiger partial charge on any atom is 0.407 e. The van der Waals surface area contributed by atoms with Gasteiger partial charge in [-0.05, 0) is 47.1 Å². The zero-order valence-electron chi connectivity index (χ0n) is 32.8. The quantitative estimate of drug-likeness (QED) is 0.136. The number of alkyl carbamates (subject to hydrolysis) is 2.